The Kier molecular flexibility index (Phi) is 4.11. The Labute approximate surface area is 98.8 Å². The van der Waals surface area contributed by atoms with Crippen LogP contribution in [0.3, 0.4) is 0 Å². The number of aryl methyl sites for hydroxylation is 2. The van der Waals surface area contributed by atoms with Crippen LogP contribution in [0.2, 0.25) is 0 Å². The minimum atomic E-state index is -0.324. The van der Waals surface area contributed by atoms with Gasteiger partial charge in [-0.3, -0.25) is 0 Å². The Bertz CT molecular complexity index is 338. The van der Waals surface area contributed by atoms with Gasteiger partial charge in [0.05, 0.1) is 11.6 Å². The zero-order chi connectivity index (χ0) is 12.3. The molecule has 16 heavy (non-hydrogen) atoms. The molecule has 1 rings (SSSR count). The van der Waals surface area contributed by atoms with Crippen molar-refractivity contribution in [2.24, 2.45) is 5.73 Å². The van der Waals surface area contributed by atoms with Crippen LogP contribution in [0.15, 0.2) is 18.2 Å². The summed E-state index contributed by atoms with van der Waals surface area (Å²) < 4.78 is 5.70. The first-order valence-electron chi connectivity index (χ1n) is 5.84. The van der Waals surface area contributed by atoms with Gasteiger partial charge in [0.2, 0.25) is 0 Å². The van der Waals surface area contributed by atoms with Crippen molar-refractivity contribution in [3.63, 3.8) is 0 Å². The lowest BCUT2D eigenvalue weighted by Gasteiger charge is -2.32. The van der Waals surface area contributed by atoms with E-state index in [1.54, 1.807) is 0 Å². The Hall–Kier alpha value is -0.860. The highest BCUT2D eigenvalue weighted by molar-refractivity contribution is 5.31. The van der Waals surface area contributed by atoms with E-state index in [4.69, 9.17) is 10.5 Å². The fourth-order valence-corrected chi connectivity index (χ4v) is 2.05. The molecule has 0 amide bonds. The van der Waals surface area contributed by atoms with Gasteiger partial charge in [-0.15, -0.1) is 0 Å². The smallest absolute Gasteiger partial charge is 0.0818 e. The predicted molar refractivity (Wildman–Crippen MR) is 68.5 cm³/mol. The van der Waals surface area contributed by atoms with Crippen LogP contribution in [-0.4, -0.2) is 12.2 Å². The largest absolute Gasteiger partial charge is 0.374 e. The number of hydrogen-bond donors (Lipinski definition) is 1. The van der Waals surface area contributed by atoms with Gasteiger partial charge in [-0.25, -0.2) is 0 Å². The fraction of sp³-hybridized carbons (Fsp3) is 0.571. The van der Waals surface area contributed by atoms with E-state index in [-0.39, 0.29) is 11.6 Å². The van der Waals surface area contributed by atoms with Crippen LogP contribution in [0.25, 0.3) is 0 Å². The molecule has 1 unspecified atom stereocenters. The Balaban J connectivity index is 2.99. The molecular weight excluding hydrogens is 198 g/mol. The molecule has 0 saturated heterocycles. The maximum atomic E-state index is 6.27. The van der Waals surface area contributed by atoms with Crippen molar-refractivity contribution in [3.05, 3.63) is 34.9 Å². The maximum Gasteiger partial charge on any atom is 0.0818 e. The van der Waals surface area contributed by atoms with Gasteiger partial charge in [0.1, 0.15) is 0 Å². The maximum absolute atomic E-state index is 6.27. The highest BCUT2D eigenvalue weighted by atomic mass is 16.5. The van der Waals surface area contributed by atoms with Crippen molar-refractivity contribution in [1.82, 2.24) is 0 Å². The molecule has 0 heterocycles. The van der Waals surface area contributed by atoms with Crippen molar-refractivity contribution in [3.8, 4) is 0 Å². The van der Waals surface area contributed by atoms with Crippen molar-refractivity contribution in [2.45, 2.75) is 46.3 Å². The van der Waals surface area contributed by atoms with Crippen LogP contribution in [-0.2, 0) is 4.74 Å². The van der Waals surface area contributed by atoms with E-state index >= 15 is 0 Å². The van der Waals surface area contributed by atoms with E-state index in [1.165, 1.54) is 11.1 Å². The molecule has 0 fully saturated rings. The van der Waals surface area contributed by atoms with Crippen LogP contribution in [0.1, 0.15) is 43.5 Å². The highest BCUT2D eigenvalue weighted by Crippen LogP contribution is 2.27. The van der Waals surface area contributed by atoms with E-state index in [2.05, 4.69) is 32.0 Å². The summed E-state index contributed by atoms with van der Waals surface area (Å²) >= 11 is 0. The minimum absolute atomic E-state index is 0.0916. The number of rotatable bonds is 4. The summed E-state index contributed by atoms with van der Waals surface area (Å²) in [4.78, 5) is 0. The predicted octanol–water partition coefficient (Wildman–Crippen LogP) is 3.12. The second kappa shape index (κ2) is 4.98. The Morgan fingerprint density at radius 1 is 1.19 bits per heavy atom. The monoisotopic (exact) mass is 221 g/mol. The van der Waals surface area contributed by atoms with Crippen molar-refractivity contribution >= 4 is 0 Å². The number of hydrogen-bond acceptors (Lipinski definition) is 2. The molecule has 1 atom stereocenters. The summed E-state index contributed by atoms with van der Waals surface area (Å²) in [5, 5.41) is 0. The average Bonchev–Trinajstić information content (AvgIpc) is 2.14. The first kappa shape index (κ1) is 13.2. The van der Waals surface area contributed by atoms with Gasteiger partial charge < -0.3 is 10.5 Å². The summed E-state index contributed by atoms with van der Waals surface area (Å²) in [5.74, 6) is 0. The van der Waals surface area contributed by atoms with Crippen LogP contribution in [0, 0.1) is 13.8 Å². The molecule has 2 nitrogen and oxygen atoms in total. The first-order chi connectivity index (χ1) is 7.36. The van der Waals surface area contributed by atoms with E-state index in [1.807, 2.05) is 20.8 Å². The molecule has 2 N–H and O–H groups in total. The fourth-order valence-electron chi connectivity index (χ4n) is 2.05. The second-order valence-corrected chi connectivity index (χ2v) is 4.94. The topological polar surface area (TPSA) is 35.2 Å². The average molecular weight is 221 g/mol. The molecule has 1 aromatic rings. The molecule has 0 bridgehead atoms. The molecular formula is C14H23NO. The molecule has 0 saturated carbocycles. The highest BCUT2D eigenvalue weighted by Gasteiger charge is 2.28. The third-order valence-electron chi connectivity index (χ3n) is 2.87. The summed E-state index contributed by atoms with van der Waals surface area (Å²) in [6, 6.07) is 6.34. The molecule has 0 aliphatic rings. The number of ether oxygens (including phenoxy) is 1. The summed E-state index contributed by atoms with van der Waals surface area (Å²) in [6.07, 6.45) is 0. The van der Waals surface area contributed by atoms with E-state index in [9.17, 15) is 0 Å². The number of nitrogens with two attached hydrogens (primary N) is 1. The second-order valence-electron chi connectivity index (χ2n) is 4.94. The Morgan fingerprint density at radius 3 is 2.12 bits per heavy atom. The lowest BCUT2D eigenvalue weighted by molar-refractivity contribution is -0.0298. The summed E-state index contributed by atoms with van der Waals surface area (Å²) in [5.41, 5.74) is 9.59. The summed E-state index contributed by atoms with van der Waals surface area (Å²) in [6.45, 7) is 11.0. The van der Waals surface area contributed by atoms with Crippen LogP contribution in [0.4, 0.5) is 0 Å². The normalized spacial score (nSPS) is 13.9. The third kappa shape index (κ3) is 3.06. The standard InChI is InChI=1S/C14H23NO/c1-6-16-14(4,5)13(15)12-8-10(2)7-11(3)9-12/h7-9,13H,6,15H2,1-5H3. The van der Waals surface area contributed by atoms with Crippen molar-refractivity contribution < 1.29 is 4.74 Å². The van der Waals surface area contributed by atoms with Gasteiger partial charge in [0, 0.05) is 6.61 Å². The van der Waals surface area contributed by atoms with Gasteiger partial charge in [0.15, 0.2) is 0 Å². The molecule has 2 heteroatoms. The number of benzene rings is 1. The lowest BCUT2D eigenvalue weighted by Crippen LogP contribution is -2.38. The van der Waals surface area contributed by atoms with Crippen molar-refractivity contribution in [2.75, 3.05) is 6.61 Å². The summed E-state index contributed by atoms with van der Waals surface area (Å²) in [7, 11) is 0. The van der Waals surface area contributed by atoms with Crippen LogP contribution >= 0.6 is 0 Å². The molecule has 0 radical (unpaired) electrons. The lowest BCUT2D eigenvalue weighted by atomic mass is 9.90. The van der Waals surface area contributed by atoms with Gasteiger partial charge in [0.25, 0.3) is 0 Å². The molecule has 90 valence electrons. The van der Waals surface area contributed by atoms with E-state index < -0.39 is 0 Å². The van der Waals surface area contributed by atoms with Crippen LogP contribution in [0.5, 0.6) is 0 Å². The van der Waals surface area contributed by atoms with Gasteiger partial charge >= 0.3 is 0 Å². The van der Waals surface area contributed by atoms with Crippen LogP contribution < -0.4 is 5.73 Å². The molecule has 0 aliphatic heterocycles. The third-order valence-corrected chi connectivity index (χ3v) is 2.87. The first-order valence-corrected chi connectivity index (χ1v) is 5.84. The molecule has 0 aromatic heterocycles. The van der Waals surface area contributed by atoms with Gasteiger partial charge in [-0.05, 0) is 40.2 Å². The zero-order valence-corrected chi connectivity index (χ0v) is 11.0. The quantitative estimate of drug-likeness (QED) is 0.848. The molecule has 0 aliphatic carbocycles. The molecule has 0 spiro atoms. The molecule has 1 aromatic carbocycles. The van der Waals surface area contributed by atoms with E-state index in [0.29, 0.717) is 6.61 Å². The minimum Gasteiger partial charge on any atom is -0.374 e. The van der Waals surface area contributed by atoms with Gasteiger partial charge in [-0.1, -0.05) is 29.3 Å². The van der Waals surface area contributed by atoms with Crippen molar-refractivity contribution in [1.29, 1.82) is 0 Å². The van der Waals surface area contributed by atoms with Gasteiger partial charge in [-0.2, -0.15) is 0 Å². The Morgan fingerprint density at radius 2 is 1.69 bits per heavy atom. The zero-order valence-electron chi connectivity index (χ0n) is 11.0. The SMILES string of the molecule is CCOC(C)(C)C(N)c1cc(C)cc(C)c1. The van der Waals surface area contributed by atoms with E-state index in [0.717, 1.165) is 5.56 Å².